The van der Waals surface area contributed by atoms with E-state index in [-0.39, 0.29) is 5.82 Å². The SMILES string of the molecule is NC1CC2CCC(C1)N2c1ccc(F)cc1. The van der Waals surface area contributed by atoms with E-state index in [0.29, 0.717) is 18.1 Å². The molecule has 2 aliphatic rings. The topological polar surface area (TPSA) is 29.3 Å². The van der Waals surface area contributed by atoms with Gasteiger partial charge in [0.1, 0.15) is 5.82 Å². The molecule has 2 atom stereocenters. The second kappa shape index (κ2) is 3.74. The molecule has 86 valence electrons. The normalized spacial score (nSPS) is 33.1. The van der Waals surface area contributed by atoms with Crippen molar-refractivity contribution in [2.75, 3.05) is 4.90 Å². The first-order valence-corrected chi connectivity index (χ1v) is 6.03. The Balaban J connectivity index is 1.88. The number of anilines is 1. The van der Waals surface area contributed by atoms with Gasteiger partial charge < -0.3 is 10.6 Å². The van der Waals surface area contributed by atoms with Crippen molar-refractivity contribution in [1.82, 2.24) is 0 Å². The van der Waals surface area contributed by atoms with Crippen LogP contribution in [0.4, 0.5) is 10.1 Å². The predicted octanol–water partition coefficient (Wildman–Crippen LogP) is 2.28. The highest BCUT2D eigenvalue weighted by Crippen LogP contribution is 2.38. The minimum absolute atomic E-state index is 0.162. The van der Waals surface area contributed by atoms with Gasteiger partial charge in [-0.3, -0.25) is 0 Å². The first kappa shape index (κ1) is 10.1. The number of halogens is 1. The first-order chi connectivity index (χ1) is 7.74. The van der Waals surface area contributed by atoms with Gasteiger partial charge in [-0.2, -0.15) is 0 Å². The number of nitrogens with zero attached hydrogens (tertiary/aromatic N) is 1. The summed E-state index contributed by atoms with van der Waals surface area (Å²) < 4.78 is 12.9. The summed E-state index contributed by atoms with van der Waals surface area (Å²) in [7, 11) is 0. The summed E-state index contributed by atoms with van der Waals surface area (Å²) in [6.45, 7) is 0. The van der Waals surface area contributed by atoms with Gasteiger partial charge in [-0.1, -0.05) is 0 Å². The van der Waals surface area contributed by atoms with Crippen LogP contribution < -0.4 is 10.6 Å². The lowest BCUT2D eigenvalue weighted by atomic mass is 9.97. The second-order valence-corrected chi connectivity index (χ2v) is 5.00. The van der Waals surface area contributed by atoms with Gasteiger partial charge in [-0.15, -0.1) is 0 Å². The Morgan fingerprint density at radius 2 is 1.62 bits per heavy atom. The van der Waals surface area contributed by atoms with Gasteiger partial charge in [-0.25, -0.2) is 4.39 Å². The Hall–Kier alpha value is -1.09. The van der Waals surface area contributed by atoms with E-state index in [2.05, 4.69) is 4.90 Å². The largest absolute Gasteiger partial charge is 0.365 e. The van der Waals surface area contributed by atoms with Crippen LogP contribution in [0.2, 0.25) is 0 Å². The van der Waals surface area contributed by atoms with Gasteiger partial charge >= 0.3 is 0 Å². The Morgan fingerprint density at radius 3 is 2.19 bits per heavy atom. The Labute approximate surface area is 95.2 Å². The number of piperidine rings is 1. The third-order valence-corrected chi connectivity index (χ3v) is 3.89. The Kier molecular flexibility index (Phi) is 2.36. The molecule has 0 aromatic heterocycles. The fraction of sp³-hybridized carbons (Fsp3) is 0.538. The van der Waals surface area contributed by atoms with Crippen molar-refractivity contribution in [3.63, 3.8) is 0 Å². The van der Waals surface area contributed by atoms with Crippen LogP contribution in [0.25, 0.3) is 0 Å². The maximum Gasteiger partial charge on any atom is 0.123 e. The summed E-state index contributed by atoms with van der Waals surface area (Å²) >= 11 is 0. The van der Waals surface area contributed by atoms with Crippen molar-refractivity contribution in [3.05, 3.63) is 30.1 Å². The molecule has 3 heteroatoms. The monoisotopic (exact) mass is 220 g/mol. The first-order valence-electron chi connectivity index (χ1n) is 6.03. The molecule has 0 saturated carbocycles. The van der Waals surface area contributed by atoms with Crippen LogP contribution in [0.15, 0.2) is 24.3 Å². The smallest absolute Gasteiger partial charge is 0.123 e. The molecule has 2 nitrogen and oxygen atoms in total. The van der Waals surface area contributed by atoms with Gasteiger partial charge in [0.25, 0.3) is 0 Å². The molecular formula is C13H17FN2. The molecular weight excluding hydrogens is 203 g/mol. The zero-order valence-corrected chi connectivity index (χ0v) is 9.27. The van der Waals surface area contributed by atoms with E-state index >= 15 is 0 Å². The summed E-state index contributed by atoms with van der Waals surface area (Å²) in [6, 6.07) is 8.36. The van der Waals surface area contributed by atoms with Crippen LogP contribution in [0.1, 0.15) is 25.7 Å². The second-order valence-electron chi connectivity index (χ2n) is 5.00. The summed E-state index contributed by atoms with van der Waals surface area (Å²) in [4.78, 5) is 2.45. The molecule has 2 heterocycles. The van der Waals surface area contributed by atoms with Crippen LogP contribution in [-0.2, 0) is 0 Å². The molecule has 2 N–H and O–H groups in total. The van der Waals surface area contributed by atoms with Gasteiger partial charge in [0, 0.05) is 23.8 Å². The van der Waals surface area contributed by atoms with Crippen molar-refractivity contribution in [2.45, 2.75) is 43.8 Å². The molecule has 2 aliphatic heterocycles. The quantitative estimate of drug-likeness (QED) is 0.786. The van der Waals surface area contributed by atoms with Gasteiger partial charge in [0.15, 0.2) is 0 Å². The van der Waals surface area contributed by atoms with Crippen LogP contribution in [0, 0.1) is 5.82 Å². The summed E-state index contributed by atoms with van der Waals surface area (Å²) in [6.07, 6.45) is 4.62. The van der Waals surface area contributed by atoms with E-state index in [0.717, 1.165) is 18.5 Å². The maximum absolute atomic E-state index is 12.9. The molecule has 0 spiro atoms. The summed E-state index contributed by atoms with van der Waals surface area (Å²) in [5.74, 6) is -0.162. The standard InChI is InChI=1S/C13H17FN2/c14-9-1-3-11(4-2-9)16-12-5-6-13(16)8-10(15)7-12/h1-4,10,12-13H,5-8,15H2. The van der Waals surface area contributed by atoms with E-state index < -0.39 is 0 Å². The summed E-state index contributed by atoms with van der Waals surface area (Å²) in [5.41, 5.74) is 7.19. The van der Waals surface area contributed by atoms with E-state index in [1.54, 1.807) is 12.1 Å². The number of fused-ring (bicyclic) bond motifs is 2. The van der Waals surface area contributed by atoms with Crippen LogP contribution in [0.3, 0.4) is 0 Å². The molecule has 0 amide bonds. The fourth-order valence-electron chi connectivity index (χ4n) is 3.25. The number of benzene rings is 1. The highest BCUT2D eigenvalue weighted by atomic mass is 19.1. The minimum atomic E-state index is -0.162. The van der Waals surface area contributed by atoms with Crippen molar-refractivity contribution < 1.29 is 4.39 Å². The zero-order chi connectivity index (χ0) is 11.1. The molecule has 0 aliphatic carbocycles. The fourth-order valence-corrected chi connectivity index (χ4v) is 3.25. The molecule has 1 aromatic carbocycles. The molecule has 2 fully saturated rings. The van der Waals surface area contributed by atoms with E-state index in [9.17, 15) is 4.39 Å². The number of rotatable bonds is 1. The molecule has 2 bridgehead atoms. The van der Waals surface area contributed by atoms with Crippen LogP contribution >= 0.6 is 0 Å². The predicted molar refractivity (Wildman–Crippen MR) is 62.9 cm³/mol. The van der Waals surface area contributed by atoms with Crippen LogP contribution in [0.5, 0.6) is 0 Å². The molecule has 2 unspecified atom stereocenters. The third-order valence-electron chi connectivity index (χ3n) is 3.89. The van der Waals surface area contributed by atoms with Gasteiger partial charge in [-0.05, 0) is 49.9 Å². The Bertz CT molecular complexity index is 362. The van der Waals surface area contributed by atoms with Gasteiger partial charge in [0.05, 0.1) is 0 Å². The van der Waals surface area contributed by atoms with E-state index in [4.69, 9.17) is 5.73 Å². The highest BCUT2D eigenvalue weighted by Gasteiger charge is 2.39. The average molecular weight is 220 g/mol. The van der Waals surface area contributed by atoms with Crippen molar-refractivity contribution in [2.24, 2.45) is 5.73 Å². The molecule has 3 rings (SSSR count). The van der Waals surface area contributed by atoms with E-state index in [1.807, 2.05) is 12.1 Å². The molecule has 1 aromatic rings. The van der Waals surface area contributed by atoms with Crippen molar-refractivity contribution in [3.8, 4) is 0 Å². The minimum Gasteiger partial charge on any atom is -0.365 e. The molecule has 0 radical (unpaired) electrons. The number of hydrogen-bond acceptors (Lipinski definition) is 2. The van der Waals surface area contributed by atoms with Gasteiger partial charge in [0.2, 0.25) is 0 Å². The summed E-state index contributed by atoms with van der Waals surface area (Å²) in [5, 5.41) is 0. The average Bonchev–Trinajstić information content (AvgIpc) is 2.54. The van der Waals surface area contributed by atoms with Crippen molar-refractivity contribution in [1.29, 1.82) is 0 Å². The lowest BCUT2D eigenvalue weighted by Crippen LogP contribution is -2.47. The van der Waals surface area contributed by atoms with Crippen molar-refractivity contribution >= 4 is 5.69 Å². The van der Waals surface area contributed by atoms with E-state index in [1.165, 1.54) is 12.8 Å². The highest BCUT2D eigenvalue weighted by molar-refractivity contribution is 5.50. The van der Waals surface area contributed by atoms with Crippen LogP contribution in [-0.4, -0.2) is 18.1 Å². The molecule has 16 heavy (non-hydrogen) atoms. The number of hydrogen-bond donors (Lipinski definition) is 1. The third kappa shape index (κ3) is 1.59. The zero-order valence-electron chi connectivity index (χ0n) is 9.27. The molecule has 2 saturated heterocycles. The lowest BCUT2D eigenvalue weighted by molar-refractivity contribution is 0.414. The Morgan fingerprint density at radius 1 is 1.06 bits per heavy atom. The lowest BCUT2D eigenvalue weighted by Gasteiger charge is -2.39. The number of nitrogens with two attached hydrogens (primary N) is 1. The maximum atomic E-state index is 12.9.